The first-order chi connectivity index (χ1) is 8.56. The second kappa shape index (κ2) is 6.74. The zero-order chi connectivity index (χ0) is 13.5. The highest BCUT2D eigenvalue weighted by Crippen LogP contribution is 2.17. The molecule has 2 aromatic carbocycles. The number of carbonyl (C=O) groups is 1. The van der Waals surface area contributed by atoms with Gasteiger partial charge in [-0.15, -0.1) is 0 Å². The van der Waals surface area contributed by atoms with E-state index in [4.69, 9.17) is 15.3 Å². The van der Waals surface area contributed by atoms with Gasteiger partial charge in [0.15, 0.2) is 0 Å². The molecule has 0 fully saturated rings. The van der Waals surface area contributed by atoms with Crippen molar-refractivity contribution >= 4 is 16.7 Å². The molecule has 0 aliphatic rings. The van der Waals surface area contributed by atoms with Crippen LogP contribution in [-0.2, 0) is 0 Å². The van der Waals surface area contributed by atoms with E-state index in [0.717, 1.165) is 10.8 Å². The summed E-state index contributed by atoms with van der Waals surface area (Å²) >= 11 is 0. The molecule has 0 saturated heterocycles. The number of fused-ring (bicyclic) bond motifs is 1. The maximum Gasteiger partial charge on any atom is 0.336 e. The SMILES string of the molecule is CC(O)CO.O=C(O)c1cccc2ccccc12. The van der Waals surface area contributed by atoms with Crippen molar-refractivity contribution in [1.82, 2.24) is 0 Å². The molecule has 4 heteroatoms. The second-order valence-electron chi connectivity index (χ2n) is 3.86. The number of aliphatic hydroxyl groups is 2. The molecule has 0 amide bonds. The Morgan fingerprint density at radius 1 is 1.17 bits per heavy atom. The van der Waals surface area contributed by atoms with Gasteiger partial charge in [0.1, 0.15) is 0 Å². The van der Waals surface area contributed by atoms with Crippen molar-refractivity contribution < 1.29 is 20.1 Å². The minimum Gasteiger partial charge on any atom is -0.478 e. The minimum atomic E-state index is -0.878. The summed E-state index contributed by atoms with van der Waals surface area (Å²) in [6.45, 7) is 1.39. The van der Waals surface area contributed by atoms with Crippen LogP contribution in [0.3, 0.4) is 0 Å². The molecule has 0 radical (unpaired) electrons. The lowest BCUT2D eigenvalue weighted by molar-refractivity contribution is 0.0699. The van der Waals surface area contributed by atoms with E-state index < -0.39 is 12.1 Å². The molecular weight excluding hydrogens is 232 g/mol. The second-order valence-corrected chi connectivity index (χ2v) is 3.86. The van der Waals surface area contributed by atoms with Crippen molar-refractivity contribution in [2.24, 2.45) is 0 Å². The topological polar surface area (TPSA) is 77.8 Å². The third-order valence-electron chi connectivity index (χ3n) is 2.28. The molecule has 0 aliphatic heterocycles. The molecule has 3 N–H and O–H groups in total. The Labute approximate surface area is 105 Å². The Kier molecular flexibility index (Phi) is 5.30. The van der Waals surface area contributed by atoms with E-state index >= 15 is 0 Å². The molecule has 0 aromatic heterocycles. The van der Waals surface area contributed by atoms with Crippen LogP contribution in [0.25, 0.3) is 10.8 Å². The Hall–Kier alpha value is -1.91. The van der Waals surface area contributed by atoms with Crippen molar-refractivity contribution in [2.75, 3.05) is 6.61 Å². The fourth-order valence-corrected chi connectivity index (χ4v) is 1.41. The summed E-state index contributed by atoms with van der Waals surface area (Å²) in [6.07, 6.45) is -0.560. The smallest absolute Gasteiger partial charge is 0.336 e. The number of carboxylic acids is 1. The number of carboxylic acid groups (broad SMARTS) is 1. The van der Waals surface area contributed by atoms with E-state index in [-0.39, 0.29) is 6.61 Å². The molecule has 0 saturated carbocycles. The van der Waals surface area contributed by atoms with Gasteiger partial charge in [-0.05, 0) is 23.8 Å². The minimum absolute atomic E-state index is 0.139. The average molecular weight is 248 g/mol. The number of benzene rings is 2. The van der Waals surface area contributed by atoms with Gasteiger partial charge in [-0.3, -0.25) is 0 Å². The summed E-state index contributed by atoms with van der Waals surface area (Å²) < 4.78 is 0. The lowest BCUT2D eigenvalue weighted by Crippen LogP contribution is -2.03. The monoisotopic (exact) mass is 248 g/mol. The quantitative estimate of drug-likeness (QED) is 0.758. The third kappa shape index (κ3) is 3.84. The molecule has 2 rings (SSSR count). The largest absolute Gasteiger partial charge is 0.478 e. The Bertz CT molecular complexity index is 515. The zero-order valence-electron chi connectivity index (χ0n) is 10.1. The molecule has 0 spiro atoms. The predicted octanol–water partition coefficient (Wildman–Crippen LogP) is 1.90. The highest BCUT2D eigenvalue weighted by atomic mass is 16.4. The van der Waals surface area contributed by atoms with Crippen molar-refractivity contribution in [3.05, 3.63) is 48.0 Å². The van der Waals surface area contributed by atoms with E-state index in [9.17, 15) is 4.79 Å². The molecule has 18 heavy (non-hydrogen) atoms. The third-order valence-corrected chi connectivity index (χ3v) is 2.28. The number of aliphatic hydroxyl groups excluding tert-OH is 2. The molecule has 0 heterocycles. The van der Waals surface area contributed by atoms with Crippen molar-refractivity contribution in [1.29, 1.82) is 0 Å². The maximum absolute atomic E-state index is 10.8. The fraction of sp³-hybridized carbons (Fsp3) is 0.214. The molecule has 0 aliphatic carbocycles. The van der Waals surface area contributed by atoms with Crippen LogP contribution >= 0.6 is 0 Å². The lowest BCUT2D eigenvalue weighted by atomic mass is 10.1. The van der Waals surface area contributed by atoms with Crippen molar-refractivity contribution in [2.45, 2.75) is 13.0 Å². The standard InChI is InChI=1S/C11H8O2.C3H8O2/c12-11(13)10-7-3-5-8-4-1-2-6-9(8)10;1-3(5)2-4/h1-7H,(H,12,13);3-5H,2H2,1H3. The van der Waals surface area contributed by atoms with Gasteiger partial charge in [0.05, 0.1) is 18.3 Å². The highest BCUT2D eigenvalue weighted by molar-refractivity contribution is 6.03. The van der Waals surface area contributed by atoms with Crippen LogP contribution < -0.4 is 0 Å². The van der Waals surface area contributed by atoms with Crippen LogP contribution in [-0.4, -0.2) is 34.0 Å². The van der Waals surface area contributed by atoms with Gasteiger partial charge in [0.25, 0.3) is 0 Å². The summed E-state index contributed by atoms with van der Waals surface area (Å²) in [6, 6.07) is 12.7. The molecule has 1 unspecified atom stereocenters. The maximum atomic E-state index is 10.8. The van der Waals surface area contributed by atoms with Crippen LogP contribution in [0.1, 0.15) is 17.3 Å². The summed E-state index contributed by atoms with van der Waals surface area (Å²) in [5.74, 6) is -0.878. The van der Waals surface area contributed by atoms with Crippen LogP contribution in [0.2, 0.25) is 0 Å². The molecule has 0 bridgehead atoms. The fourth-order valence-electron chi connectivity index (χ4n) is 1.41. The summed E-state index contributed by atoms with van der Waals surface area (Å²) in [5.41, 5.74) is 0.359. The number of hydrogen-bond donors (Lipinski definition) is 3. The number of rotatable bonds is 2. The normalized spacial score (nSPS) is 11.5. The van der Waals surface area contributed by atoms with Crippen molar-refractivity contribution in [3.63, 3.8) is 0 Å². The van der Waals surface area contributed by atoms with Crippen LogP contribution in [0.5, 0.6) is 0 Å². The van der Waals surface area contributed by atoms with Crippen LogP contribution in [0, 0.1) is 0 Å². The highest BCUT2D eigenvalue weighted by Gasteiger charge is 2.05. The molecular formula is C14H16O4. The first-order valence-corrected chi connectivity index (χ1v) is 5.56. The van der Waals surface area contributed by atoms with Gasteiger partial charge in [0.2, 0.25) is 0 Å². The first kappa shape index (κ1) is 14.2. The number of aromatic carboxylic acids is 1. The molecule has 4 nitrogen and oxygen atoms in total. The van der Waals surface area contributed by atoms with Gasteiger partial charge < -0.3 is 15.3 Å². The number of hydrogen-bond acceptors (Lipinski definition) is 3. The van der Waals surface area contributed by atoms with Gasteiger partial charge in [-0.2, -0.15) is 0 Å². The van der Waals surface area contributed by atoms with Gasteiger partial charge in [-0.25, -0.2) is 4.79 Å². The Balaban J connectivity index is 0.000000280. The predicted molar refractivity (Wildman–Crippen MR) is 69.7 cm³/mol. The summed E-state index contributed by atoms with van der Waals surface area (Å²) in [4.78, 5) is 10.8. The first-order valence-electron chi connectivity index (χ1n) is 5.56. The van der Waals surface area contributed by atoms with E-state index in [2.05, 4.69) is 0 Å². The van der Waals surface area contributed by atoms with E-state index in [1.165, 1.54) is 6.92 Å². The van der Waals surface area contributed by atoms with Crippen LogP contribution in [0.15, 0.2) is 42.5 Å². The van der Waals surface area contributed by atoms with Gasteiger partial charge >= 0.3 is 5.97 Å². The average Bonchev–Trinajstić information content (AvgIpc) is 2.38. The molecule has 96 valence electrons. The van der Waals surface area contributed by atoms with Crippen molar-refractivity contribution in [3.8, 4) is 0 Å². The Morgan fingerprint density at radius 3 is 2.28 bits per heavy atom. The van der Waals surface area contributed by atoms with E-state index in [1.54, 1.807) is 12.1 Å². The van der Waals surface area contributed by atoms with Crippen LogP contribution in [0.4, 0.5) is 0 Å². The summed E-state index contributed by atoms with van der Waals surface area (Å²) in [7, 11) is 0. The molecule has 1 atom stereocenters. The van der Waals surface area contributed by atoms with Gasteiger partial charge in [-0.1, -0.05) is 36.4 Å². The van der Waals surface area contributed by atoms with Gasteiger partial charge in [0, 0.05) is 0 Å². The Morgan fingerprint density at radius 2 is 1.72 bits per heavy atom. The van der Waals surface area contributed by atoms with E-state index in [0.29, 0.717) is 5.56 Å². The molecule has 2 aromatic rings. The zero-order valence-corrected chi connectivity index (χ0v) is 10.1. The summed E-state index contributed by atoms with van der Waals surface area (Å²) in [5, 5.41) is 26.6. The lowest BCUT2D eigenvalue weighted by Gasteiger charge is -2.00. The van der Waals surface area contributed by atoms with E-state index in [1.807, 2.05) is 30.3 Å².